The van der Waals surface area contributed by atoms with E-state index in [9.17, 15) is 8.78 Å². The first-order valence-electron chi connectivity index (χ1n) is 11.9. The Hall–Kier alpha value is -3.63. The van der Waals surface area contributed by atoms with E-state index < -0.39 is 12.3 Å². The van der Waals surface area contributed by atoms with Crippen LogP contribution in [0.3, 0.4) is 0 Å². The minimum atomic E-state index is -2.74. The van der Waals surface area contributed by atoms with E-state index >= 15 is 0 Å². The largest absolute Gasteiger partial charge is 0.419 e. The molecule has 35 heavy (non-hydrogen) atoms. The summed E-state index contributed by atoms with van der Waals surface area (Å²) in [7, 11) is 0. The summed E-state index contributed by atoms with van der Waals surface area (Å²) in [5.41, 5.74) is 3.64. The molecule has 1 aliphatic carbocycles. The van der Waals surface area contributed by atoms with Crippen molar-refractivity contribution in [1.29, 1.82) is 0 Å². The van der Waals surface area contributed by atoms with Crippen LogP contribution in [0, 0.1) is 0 Å². The second-order valence-electron chi connectivity index (χ2n) is 9.20. The van der Waals surface area contributed by atoms with Gasteiger partial charge in [-0.15, -0.1) is 10.2 Å². The molecule has 2 aliphatic heterocycles. The Labute approximate surface area is 200 Å². The lowest BCUT2D eigenvalue weighted by Crippen LogP contribution is -2.37. The third-order valence-corrected chi connectivity index (χ3v) is 6.93. The van der Waals surface area contributed by atoms with E-state index in [0.29, 0.717) is 18.4 Å². The van der Waals surface area contributed by atoms with Crippen LogP contribution in [0.25, 0.3) is 0 Å². The molecule has 4 heterocycles. The summed E-state index contributed by atoms with van der Waals surface area (Å²) in [6.07, 6.45) is 4.65. The number of hydrogen-bond acceptors (Lipinski definition) is 9. The summed E-state index contributed by atoms with van der Waals surface area (Å²) in [5.74, 6) is 1.14. The van der Waals surface area contributed by atoms with Gasteiger partial charge in [-0.3, -0.25) is 0 Å². The molecule has 1 unspecified atom stereocenters. The molecule has 9 nitrogen and oxygen atoms in total. The maximum Gasteiger partial charge on any atom is 0.314 e. The third kappa shape index (κ3) is 4.54. The molecule has 3 aliphatic rings. The van der Waals surface area contributed by atoms with Crippen molar-refractivity contribution in [2.45, 2.75) is 56.6 Å². The highest BCUT2D eigenvalue weighted by Gasteiger charge is 2.32. The number of benzene rings is 1. The number of oxime groups is 1. The quantitative estimate of drug-likeness (QED) is 0.583. The molecule has 0 spiro atoms. The minimum Gasteiger partial charge on any atom is -0.419 e. The molecule has 3 aromatic rings. The highest BCUT2D eigenvalue weighted by Crippen LogP contribution is 2.33. The molecule has 182 valence electrons. The van der Waals surface area contributed by atoms with Crippen LogP contribution in [-0.2, 0) is 17.7 Å². The second kappa shape index (κ2) is 9.20. The van der Waals surface area contributed by atoms with Crippen molar-refractivity contribution in [2.75, 3.05) is 18.4 Å². The van der Waals surface area contributed by atoms with E-state index in [2.05, 4.69) is 59.8 Å². The van der Waals surface area contributed by atoms with Crippen molar-refractivity contribution in [1.82, 2.24) is 25.1 Å². The lowest BCUT2D eigenvalue weighted by molar-refractivity contribution is 0.0850. The SMILES string of the molecule is FC(F)c1nnc(C2CCN(C3=NOC(c4cnc(NC5Cc6ccccc6C5)nc4)C3)CC2)o1. The highest BCUT2D eigenvalue weighted by atomic mass is 19.3. The van der Waals surface area contributed by atoms with Gasteiger partial charge >= 0.3 is 6.43 Å². The highest BCUT2D eigenvalue weighted by molar-refractivity contribution is 5.83. The molecule has 11 heteroatoms. The first-order chi connectivity index (χ1) is 17.1. The molecule has 0 radical (unpaired) electrons. The minimum absolute atomic E-state index is 0.0222. The standard InChI is InChI=1S/C24H25F2N7O2/c25-21(26)23-31-30-22(34-23)14-5-7-33(8-6-14)20-11-19(35-32-20)17-12-27-24(28-13-17)29-18-9-15-3-1-2-4-16(15)10-18/h1-4,12-14,18-19,21H,5-11H2,(H,27,28,29). The maximum atomic E-state index is 12.7. The molecule has 6 rings (SSSR count). The van der Waals surface area contributed by atoms with Gasteiger partial charge < -0.3 is 19.5 Å². The summed E-state index contributed by atoms with van der Waals surface area (Å²) in [6, 6.07) is 8.80. The Morgan fingerprint density at radius 2 is 1.69 bits per heavy atom. The van der Waals surface area contributed by atoms with Gasteiger partial charge in [-0.25, -0.2) is 9.97 Å². The second-order valence-corrected chi connectivity index (χ2v) is 9.20. The smallest absolute Gasteiger partial charge is 0.314 e. The van der Waals surface area contributed by atoms with Crippen molar-refractivity contribution < 1.29 is 18.0 Å². The molecule has 0 saturated carbocycles. The number of halogens is 2. The lowest BCUT2D eigenvalue weighted by atomic mass is 9.96. The van der Waals surface area contributed by atoms with Gasteiger partial charge in [-0.2, -0.15) is 8.78 Å². The van der Waals surface area contributed by atoms with Gasteiger partial charge in [0.25, 0.3) is 5.89 Å². The van der Waals surface area contributed by atoms with Gasteiger partial charge in [-0.05, 0) is 36.8 Å². The number of aromatic nitrogens is 4. The Bertz CT molecular complexity index is 1180. The number of nitrogens with one attached hydrogen (secondary N) is 1. The molecule has 1 fully saturated rings. The molecule has 0 bridgehead atoms. The fraction of sp³-hybridized carbons (Fsp3) is 0.458. The molecule has 0 amide bonds. The number of hydrogen-bond donors (Lipinski definition) is 1. The van der Waals surface area contributed by atoms with Gasteiger partial charge in [0.15, 0.2) is 6.10 Å². The van der Waals surface area contributed by atoms with E-state index in [1.54, 1.807) is 12.4 Å². The van der Waals surface area contributed by atoms with Gasteiger partial charge in [0, 0.05) is 43.0 Å². The van der Waals surface area contributed by atoms with Crippen molar-refractivity contribution >= 4 is 11.8 Å². The van der Waals surface area contributed by atoms with Crippen LogP contribution < -0.4 is 5.32 Å². The van der Waals surface area contributed by atoms with E-state index in [-0.39, 0.29) is 17.9 Å². The van der Waals surface area contributed by atoms with Crippen LogP contribution in [-0.4, -0.2) is 50.0 Å². The number of piperidine rings is 1. The lowest BCUT2D eigenvalue weighted by Gasteiger charge is -2.31. The zero-order chi connectivity index (χ0) is 23.8. The van der Waals surface area contributed by atoms with Crippen LogP contribution in [0.15, 0.2) is 46.2 Å². The number of nitrogens with zero attached hydrogens (tertiary/aromatic N) is 6. The van der Waals surface area contributed by atoms with Gasteiger partial charge in [-0.1, -0.05) is 29.4 Å². The van der Waals surface area contributed by atoms with Crippen LogP contribution in [0.2, 0.25) is 0 Å². The summed E-state index contributed by atoms with van der Waals surface area (Å²) in [6.45, 7) is 1.43. The van der Waals surface area contributed by atoms with Crippen molar-refractivity contribution in [3.63, 3.8) is 0 Å². The van der Waals surface area contributed by atoms with Crippen LogP contribution in [0.4, 0.5) is 14.7 Å². The maximum absolute atomic E-state index is 12.7. The zero-order valence-corrected chi connectivity index (χ0v) is 19.0. The number of fused-ring (bicyclic) bond motifs is 1. The average molecular weight is 482 g/mol. The summed E-state index contributed by atoms with van der Waals surface area (Å²) < 4.78 is 30.5. The fourth-order valence-electron chi connectivity index (χ4n) is 5.04. The first kappa shape index (κ1) is 21.9. The van der Waals surface area contributed by atoms with Crippen molar-refractivity contribution in [3.8, 4) is 0 Å². The summed E-state index contributed by atoms with van der Waals surface area (Å²) in [4.78, 5) is 16.8. The number of amidine groups is 1. The number of rotatable bonds is 5. The zero-order valence-electron chi connectivity index (χ0n) is 19.0. The van der Waals surface area contributed by atoms with Crippen molar-refractivity contribution in [3.05, 3.63) is 65.1 Å². The van der Waals surface area contributed by atoms with E-state index in [1.165, 1.54) is 11.1 Å². The van der Waals surface area contributed by atoms with Crippen LogP contribution in [0.1, 0.15) is 66.2 Å². The molecular weight excluding hydrogens is 456 g/mol. The van der Waals surface area contributed by atoms with Crippen LogP contribution in [0.5, 0.6) is 0 Å². The van der Waals surface area contributed by atoms with Gasteiger partial charge in [0.2, 0.25) is 11.8 Å². The Kier molecular flexibility index (Phi) is 5.75. The Balaban J connectivity index is 0.999. The Morgan fingerprint density at radius 1 is 0.971 bits per heavy atom. The normalized spacial score (nSPS) is 20.7. The number of alkyl halides is 2. The summed E-state index contributed by atoms with van der Waals surface area (Å²) in [5, 5.41) is 15.0. The fourth-order valence-corrected chi connectivity index (χ4v) is 5.04. The Morgan fingerprint density at radius 3 is 2.34 bits per heavy atom. The van der Waals surface area contributed by atoms with Crippen LogP contribution >= 0.6 is 0 Å². The van der Waals surface area contributed by atoms with E-state index in [4.69, 9.17) is 9.25 Å². The van der Waals surface area contributed by atoms with Gasteiger partial charge in [0.1, 0.15) is 5.84 Å². The average Bonchev–Trinajstić information content (AvgIpc) is 3.64. The monoisotopic (exact) mass is 481 g/mol. The van der Waals surface area contributed by atoms with E-state index in [0.717, 1.165) is 50.2 Å². The molecule has 1 aromatic carbocycles. The predicted molar refractivity (Wildman–Crippen MR) is 122 cm³/mol. The number of anilines is 1. The van der Waals surface area contributed by atoms with Crippen molar-refractivity contribution in [2.24, 2.45) is 5.16 Å². The van der Waals surface area contributed by atoms with Gasteiger partial charge in [0.05, 0.1) is 6.42 Å². The topological polar surface area (TPSA) is 102 Å². The molecular formula is C24H25F2N7O2. The molecule has 1 N–H and O–H groups in total. The third-order valence-electron chi connectivity index (χ3n) is 6.93. The summed E-state index contributed by atoms with van der Waals surface area (Å²) >= 11 is 0. The van der Waals surface area contributed by atoms with E-state index in [1.807, 2.05) is 0 Å². The molecule has 1 saturated heterocycles. The molecule has 1 atom stereocenters. The molecule has 2 aromatic heterocycles. The predicted octanol–water partition coefficient (Wildman–Crippen LogP) is 4.03. The number of likely N-dealkylation sites (tertiary alicyclic amines) is 1. The first-order valence-corrected chi connectivity index (χ1v) is 11.9.